The average Bonchev–Trinajstić information content (AvgIpc) is 3.70. The summed E-state index contributed by atoms with van der Waals surface area (Å²) in [5, 5.41) is 21.8. The number of hydrogen-bond acceptors (Lipinski definition) is 10. The zero-order chi connectivity index (χ0) is 42.3. The monoisotopic (exact) mass is 842 g/mol. The van der Waals surface area contributed by atoms with Crippen molar-refractivity contribution in [3.63, 3.8) is 0 Å². The van der Waals surface area contributed by atoms with E-state index in [1.807, 2.05) is 13.8 Å². The first-order valence-corrected chi connectivity index (χ1v) is 22.7. The topological polar surface area (TPSA) is 183 Å². The zero-order valence-electron chi connectivity index (χ0n) is 36.4. The molecule has 8 saturated carbocycles. The minimum atomic E-state index is -1.04. The molecule has 16 atom stereocenters. The summed E-state index contributed by atoms with van der Waals surface area (Å²) in [4.78, 5) is 99.7. The molecule has 10 nitrogen and oxygen atoms in total. The van der Waals surface area contributed by atoms with Gasteiger partial charge in [0.15, 0.2) is 0 Å². The Morgan fingerprint density at radius 2 is 0.915 bits per heavy atom. The fourth-order valence-electron chi connectivity index (χ4n) is 15.9. The Bertz CT molecular complexity index is 1650. The van der Waals surface area contributed by atoms with Crippen LogP contribution in [0.25, 0.3) is 0 Å². The average molecular weight is 843 g/mol. The van der Waals surface area contributed by atoms with Gasteiger partial charge >= 0.3 is 37.7 Å². The number of fused-ring (bicyclic) bond motifs is 10. The van der Waals surface area contributed by atoms with Crippen LogP contribution in [-0.4, -0.2) is 84.4 Å². The van der Waals surface area contributed by atoms with Crippen molar-refractivity contribution in [2.24, 2.45) is 92.7 Å². The Kier molecular flexibility index (Phi) is 13.5. The number of ketones is 6. The van der Waals surface area contributed by atoms with Crippen LogP contribution in [0.3, 0.4) is 0 Å². The summed E-state index contributed by atoms with van der Waals surface area (Å²) in [6, 6.07) is 0. The van der Waals surface area contributed by atoms with Crippen LogP contribution < -0.4 is 10.2 Å². The zero-order valence-corrected chi connectivity index (χ0v) is 38.7. The van der Waals surface area contributed by atoms with E-state index >= 15 is 0 Å². The van der Waals surface area contributed by atoms with Crippen molar-refractivity contribution >= 4 is 84.4 Å². The molecular formula is C48H66CaO10. The van der Waals surface area contributed by atoms with Gasteiger partial charge in [-0.15, -0.1) is 0 Å². The molecule has 0 spiro atoms. The van der Waals surface area contributed by atoms with Crippen LogP contribution in [0, 0.1) is 92.7 Å². The van der Waals surface area contributed by atoms with Gasteiger partial charge in [0, 0.05) is 86.0 Å². The van der Waals surface area contributed by atoms with E-state index in [9.17, 15) is 48.6 Å². The van der Waals surface area contributed by atoms with E-state index < -0.39 is 22.8 Å². The molecule has 8 rings (SSSR count). The van der Waals surface area contributed by atoms with Crippen molar-refractivity contribution in [1.82, 2.24) is 0 Å². The molecule has 0 amide bonds. The van der Waals surface area contributed by atoms with E-state index in [0.29, 0.717) is 64.2 Å². The third-order valence-electron chi connectivity index (χ3n) is 19.4. The van der Waals surface area contributed by atoms with Crippen LogP contribution in [0.4, 0.5) is 0 Å². The van der Waals surface area contributed by atoms with Crippen molar-refractivity contribution in [1.29, 1.82) is 0 Å². The summed E-state index contributed by atoms with van der Waals surface area (Å²) in [6.45, 7) is 12.6. The number of rotatable bonds is 8. The maximum absolute atomic E-state index is 13.6. The van der Waals surface area contributed by atoms with E-state index in [2.05, 4.69) is 27.7 Å². The number of Topliss-reactive ketones (excluding diaryl/α,β-unsaturated/α-hetero) is 6. The summed E-state index contributed by atoms with van der Waals surface area (Å²) in [5.41, 5.74) is -1.25. The molecule has 0 unspecified atom stereocenters. The normalized spacial score (nSPS) is 44.6. The molecule has 0 aromatic carbocycles. The summed E-state index contributed by atoms with van der Waals surface area (Å²) in [5.74, 6) is 0.261. The molecule has 8 aliphatic rings. The first kappa shape index (κ1) is 46.7. The van der Waals surface area contributed by atoms with Gasteiger partial charge in [-0.05, 0) is 134 Å². The molecule has 0 aliphatic heterocycles. The maximum atomic E-state index is 13.6. The molecule has 11 heteroatoms. The van der Waals surface area contributed by atoms with Crippen molar-refractivity contribution in [3.8, 4) is 0 Å². The Balaban J connectivity index is 0.000000195. The van der Waals surface area contributed by atoms with Gasteiger partial charge in [0.25, 0.3) is 0 Å². The van der Waals surface area contributed by atoms with Gasteiger partial charge in [0.1, 0.15) is 34.7 Å². The van der Waals surface area contributed by atoms with E-state index in [0.717, 1.165) is 38.5 Å². The molecule has 0 N–H and O–H groups in total. The molecule has 0 saturated heterocycles. The molecule has 59 heavy (non-hydrogen) atoms. The fourth-order valence-corrected chi connectivity index (χ4v) is 15.9. The van der Waals surface area contributed by atoms with Crippen LogP contribution in [0.1, 0.15) is 157 Å². The van der Waals surface area contributed by atoms with E-state index in [1.54, 1.807) is 0 Å². The molecule has 8 aliphatic carbocycles. The number of aliphatic carboxylic acids is 2. The van der Waals surface area contributed by atoms with Gasteiger partial charge < -0.3 is 19.8 Å². The molecule has 0 aromatic heterocycles. The number of carbonyl (C=O) groups excluding carboxylic acids is 8. The summed E-state index contributed by atoms with van der Waals surface area (Å²) in [7, 11) is 0. The Morgan fingerprint density at radius 3 is 1.25 bits per heavy atom. The van der Waals surface area contributed by atoms with E-state index in [4.69, 9.17) is 0 Å². The fraction of sp³-hybridized carbons (Fsp3) is 0.833. The second-order valence-electron chi connectivity index (χ2n) is 21.7. The van der Waals surface area contributed by atoms with Crippen LogP contribution in [-0.2, 0) is 38.4 Å². The number of hydrogen-bond donors (Lipinski definition) is 0. The van der Waals surface area contributed by atoms with Crippen molar-refractivity contribution in [2.75, 3.05) is 0 Å². The number of carbonyl (C=O) groups is 8. The predicted molar refractivity (Wildman–Crippen MR) is 215 cm³/mol. The van der Waals surface area contributed by atoms with Crippen molar-refractivity contribution in [2.45, 2.75) is 157 Å². The standard InChI is InChI=1S/2C24H34O5.Ca/c2*1-13(4-7-21(28)29)16-5-6-17-22-18(12-20(27)24(16,17)3)23(2)9-8-15(25)10-14(23)11-19(22)26;/h2*13-14,16-18,22H,4-12H2,1-3H3,(H,28,29);/q;;+2/p-2/t2*13-,14+,16-,17+,18+,22+,23+,24-;/m11./s1. The van der Waals surface area contributed by atoms with Crippen LogP contribution in [0.2, 0.25) is 0 Å². The first-order chi connectivity index (χ1) is 27.2. The van der Waals surface area contributed by atoms with Crippen molar-refractivity contribution in [3.05, 3.63) is 0 Å². The number of carboxylic acid groups (broad SMARTS) is 2. The third-order valence-corrected chi connectivity index (χ3v) is 19.4. The van der Waals surface area contributed by atoms with Gasteiger partial charge in [-0.25, -0.2) is 0 Å². The van der Waals surface area contributed by atoms with E-state index in [1.165, 1.54) is 0 Å². The van der Waals surface area contributed by atoms with Crippen molar-refractivity contribution < 1.29 is 48.6 Å². The third kappa shape index (κ3) is 7.73. The van der Waals surface area contributed by atoms with Gasteiger partial charge in [0.2, 0.25) is 0 Å². The maximum Gasteiger partial charge on any atom is 2.00 e. The Morgan fingerprint density at radius 1 is 0.559 bits per heavy atom. The smallest absolute Gasteiger partial charge is 0.550 e. The van der Waals surface area contributed by atoms with Crippen LogP contribution in [0.15, 0.2) is 0 Å². The largest absolute Gasteiger partial charge is 2.00 e. The summed E-state index contributed by atoms with van der Waals surface area (Å²) in [6.07, 6.45) is 10.2. The van der Waals surface area contributed by atoms with Crippen LogP contribution >= 0.6 is 0 Å². The Hall–Kier alpha value is -1.78. The Labute approximate surface area is 380 Å². The second-order valence-corrected chi connectivity index (χ2v) is 21.7. The molecular weight excluding hydrogens is 777 g/mol. The molecule has 8 fully saturated rings. The van der Waals surface area contributed by atoms with E-state index in [-0.39, 0.29) is 167 Å². The minimum Gasteiger partial charge on any atom is -0.550 e. The molecule has 320 valence electrons. The van der Waals surface area contributed by atoms with Gasteiger partial charge in [-0.1, -0.05) is 41.5 Å². The van der Waals surface area contributed by atoms with Gasteiger partial charge in [0.05, 0.1) is 0 Å². The minimum absolute atomic E-state index is 0. The van der Waals surface area contributed by atoms with Gasteiger partial charge in [-0.3, -0.25) is 28.8 Å². The quantitative estimate of drug-likeness (QED) is 0.298. The molecule has 0 aromatic rings. The number of carboxylic acids is 2. The predicted octanol–water partition coefficient (Wildman–Crippen LogP) is 5.10. The summed E-state index contributed by atoms with van der Waals surface area (Å²) >= 11 is 0. The van der Waals surface area contributed by atoms with Crippen LogP contribution in [0.5, 0.6) is 0 Å². The van der Waals surface area contributed by atoms with Gasteiger partial charge in [-0.2, -0.15) is 0 Å². The SMILES string of the molecule is C[C@H](CCC(=O)[O-])[C@H]1CC[C@H]2[C@@H]3C(=O)C[C@@H]4CC(=O)CC[C@]4(C)[C@H]3CC(=O)[C@]12C.C[C@H](CCC(=O)[O-])[C@H]1CC[C@H]2[C@@H]3C(=O)C[C@@H]4CC(=O)CC[C@]4(C)[C@H]3CC(=O)[C@]12C.[Ca+2]. The summed E-state index contributed by atoms with van der Waals surface area (Å²) < 4.78 is 0. The molecule has 0 radical (unpaired) electrons. The first-order valence-electron chi connectivity index (χ1n) is 22.7. The molecule has 0 heterocycles. The second kappa shape index (κ2) is 17.1. The molecule has 0 bridgehead atoms.